The topological polar surface area (TPSA) is 42.0 Å². The number of hydrogen-bond acceptors (Lipinski definition) is 5. The van der Waals surface area contributed by atoms with Gasteiger partial charge in [0.15, 0.2) is 0 Å². The van der Waals surface area contributed by atoms with E-state index in [0.29, 0.717) is 5.00 Å². The molecule has 0 bridgehead atoms. The van der Waals surface area contributed by atoms with Crippen molar-refractivity contribution in [3.63, 3.8) is 0 Å². The third-order valence-corrected chi connectivity index (χ3v) is 5.16. The highest BCUT2D eigenvalue weighted by Crippen LogP contribution is 2.32. The van der Waals surface area contributed by atoms with Crippen molar-refractivity contribution >= 4 is 53.9 Å². The fourth-order valence-electron chi connectivity index (χ4n) is 1.65. The Hall–Kier alpha value is -1.43. The Balaban J connectivity index is 2.10. The van der Waals surface area contributed by atoms with E-state index in [9.17, 15) is 4.79 Å². The van der Waals surface area contributed by atoms with Gasteiger partial charge in [-0.1, -0.05) is 40.1 Å². The van der Waals surface area contributed by atoms with Crippen LogP contribution in [0.2, 0.25) is 5.02 Å². The Morgan fingerprint density at radius 1 is 1.17 bits per heavy atom. The van der Waals surface area contributed by atoms with Crippen molar-refractivity contribution < 1.29 is 0 Å². The van der Waals surface area contributed by atoms with Crippen LogP contribution in [-0.2, 0) is 0 Å². The highest BCUT2D eigenvalue weighted by Gasteiger charge is 2.10. The van der Waals surface area contributed by atoms with Gasteiger partial charge in [0.2, 0.25) is 0 Å². The molecular weight excluding hydrogens is 288 g/mol. The van der Waals surface area contributed by atoms with E-state index >= 15 is 0 Å². The summed E-state index contributed by atoms with van der Waals surface area (Å²) in [7, 11) is 2.46. The number of halogens is 1. The fraction of sp³-hybridized carbons (Fsp3) is 0. The normalized spacial score (nSPS) is 10.7. The molecule has 2 aromatic heterocycles. The molecule has 90 valence electrons. The highest BCUT2D eigenvalue weighted by molar-refractivity contribution is 7.70. The van der Waals surface area contributed by atoms with Crippen LogP contribution in [-0.4, -0.2) is 4.98 Å². The Morgan fingerprint density at radius 2 is 2.00 bits per heavy atom. The molecule has 3 nitrogen and oxygen atoms in total. The molecule has 18 heavy (non-hydrogen) atoms. The third-order valence-electron chi connectivity index (χ3n) is 2.46. The standard InChI is InChI=1S/C12H7ClN2OS2/c13-9-11(17-18-12(9)16)15-8-5-1-3-7-4-2-6-14-10(7)8/h1-6,15H. The molecule has 0 aliphatic rings. The Bertz CT molecular complexity index is 761. The van der Waals surface area contributed by atoms with Crippen LogP contribution in [0.1, 0.15) is 0 Å². The summed E-state index contributed by atoms with van der Waals surface area (Å²) in [5.74, 6) is 0. The van der Waals surface area contributed by atoms with Crippen LogP contribution in [0.15, 0.2) is 41.3 Å². The molecule has 0 fully saturated rings. The van der Waals surface area contributed by atoms with Gasteiger partial charge in [0.05, 0.1) is 11.2 Å². The molecule has 0 saturated carbocycles. The Kier molecular flexibility index (Phi) is 3.03. The largest absolute Gasteiger partial charge is 0.343 e. The lowest BCUT2D eigenvalue weighted by atomic mass is 10.2. The van der Waals surface area contributed by atoms with Gasteiger partial charge in [0, 0.05) is 11.6 Å². The zero-order valence-corrected chi connectivity index (χ0v) is 11.4. The van der Waals surface area contributed by atoms with E-state index < -0.39 is 0 Å². The van der Waals surface area contributed by atoms with Crippen LogP contribution in [0, 0.1) is 0 Å². The number of aromatic nitrogens is 1. The molecular formula is C12H7ClN2OS2. The van der Waals surface area contributed by atoms with Gasteiger partial charge < -0.3 is 5.32 Å². The van der Waals surface area contributed by atoms with Crippen molar-refractivity contribution in [2.24, 2.45) is 0 Å². The fourth-order valence-corrected chi connectivity index (χ4v) is 4.02. The molecule has 3 aromatic rings. The summed E-state index contributed by atoms with van der Waals surface area (Å²) in [4.78, 5) is 15.7. The molecule has 0 aliphatic carbocycles. The Labute approximate surface area is 115 Å². The average molecular weight is 295 g/mol. The number of fused-ring (bicyclic) bond motifs is 1. The third kappa shape index (κ3) is 2.01. The number of benzene rings is 1. The lowest BCUT2D eigenvalue weighted by molar-refractivity contribution is 1.41. The van der Waals surface area contributed by atoms with Crippen molar-refractivity contribution in [1.82, 2.24) is 4.98 Å². The van der Waals surface area contributed by atoms with E-state index in [1.165, 1.54) is 10.3 Å². The van der Waals surface area contributed by atoms with Gasteiger partial charge in [0.1, 0.15) is 10.0 Å². The van der Waals surface area contributed by atoms with Crippen LogP contribution < -0.4 is 10.1 Å². The second-order valence-corrected chi connectivity index (χ2v) is 6.09. The highest BCUT2D eigenvalue weighted by atomic mass is 35.5. The van der Waals surface area contributed by atoms with E-state index in [1.54, 1.807) is 6.20 Å². The summed E-state index contributed by atoms with van der Waals surface area (Å²) in [5.41, 5.74) is 1.71. The molecule has 1 N–H and O–H groups in total. The van der Waals surface area contributed by atoms with Crippen molar-refractivity contribution in [1.29, 1.82) is 0 Å². The smallest absolute Gasteiger partial charge is 0.263 e. The van der Waals surface area contributed by atoms with Gasteiger partial charge >= 0.3 is 0 Å². The number of hydrogen-bond donors (Lipinski definition) is 1. The van der Waals surface area contributed by atoms with E-state index in [0.717, 1.165) is 26.9 Å². The lowest BCUT2D eigenvalue weighted by Crippen LogP contribution is -1.94. The summed E-state index contributed by atoms with van der Waals surface area (Å²) in [5, 5.41) is 5.13. The van der Waals surface area contributed by atoms with Crippen molar-refractivity contribution in [3.8, 4) is 0 Å². The van der Waals surface area contributed by atoms with Crippen LogP contribution >= 0.6 is 32.3 Å². The maximum Gasteiger partial charge on any atom is 0.263 e. The van der Waals surface area contributed by atoms with Gasteiger partial charge in [0.25, 0.3) is 4.74 Å². The van der Waals surface area contributed by atoms with Crippen molar-refractivity contribution in [3.05, 3.63) is 51.1 Å². The molecule has 0 radical (unpaired) electrons. The first-order chi connectivity index (χ1) is 8.75. The van der Waals surface area contributed by atoms with Crippen LogP contribution in [0.5, 0.6) is 0 Å². The monoisotopic (exact) mass is 294 g/mol. The number of para-hydroxylation sites is 1. The number of nitrogens with zero attached hydrogens (tertiary/aromatic N) is 1. The summed E-state index contributed by atoms with van der Waals surface area (Å²) in [6, 6.07) is 9.73. The molecule has 2 heterocycles. The number of pyridine rings is 1. The molecule has 6 heteroatoms. The van der Waals surface area contributed by atoms with Gasteiger partial charge in [-0.3, -0.25) is 9.78 Å². The van der Waals surface area contributed by atoms with Gasteiger partial charge in [-0.2, -0.15) is 0 Å². The minimum atomic E-state index is -0.114. The maximum atomic E-state index is 11.3. The lowest BCUT2D eigenvalue weighted by Gasteiger charge is -2.06. The van der Waals surface area contributed by atoms with E-state index in [-0.39, 0.29) is 9.77 Å². The van der Waals surface area contributed by atoms with E-state index in [1.807, 2.05) is 30.3 Å². The van der Waals surface area contributed by atoms with Gasteiger partial charge in [-0.25, -0.2) is 0 Å². The van der Waals surface area contributed by atoms with Crippen molar-refractivity contribution in [2.75, 3.05) is 5.32 Å². The summed E-state index contributed by atoms with van der Waals surface area (Å²) in [6.45, 7) is 0. The first-order valence-electron chi connectivity index (χ1n) is 5.15. The molecule has 0 unspecified atom stereocenters. The average Bonchev–Trinajstić information content (AvgIpc) is 2.71. The minimum absolute atomic E-state index is 0.114. The zero-order valence-electron chi connectivity index (χ0n) is 9.01. The predicted molar refractivity (Wildman–Crippen MR) is 78.5 cm³/mol. The maximum absolute atomic E-state index is 11.3. The first kappa shape index (κ1) is 11.6. The summed E-state index contributed by atoms with van der Waals surface area (Å²) < 4.78 is -0.114. The molecule has 0 amide bonds. The molecule has 3 rings (SSSR count). The minimum Gasteiger partial charge on any atom is -0.343 e. The second kappa shape index (κ2) is 4.68. The van der Waals surface area contributed by atoms with Crippen LogP contribution in [0.4, 0.5) is 10.7 Å². The van der Waals surface area contributed by atoms with Crippen LogP contribution in [0.3, 0.4) is 0 Å². The Morgan fingerprint density at radius 3 is 2.78 bits per heavy atom. The van der Waals surface area contributed by atoms with Crippen LogP contribution in [0.25, 0.3) is 10.9 Å². The molecule has 0 aliphatic heterocycles. The second-order valence-electron chi connectivity index (χ2n) is 3.60. The van der Waals surface area contributed by atoms with Gasteiger partial charge in [-0.05, 0) is 22.5 Å². The number of anilines is 2. The number of nitrogens with one attached hydrogen (secondary N) is 1. The van der Waals surface area contributed by atoms with E-state index in [2.05, 4.69) is 10.3 Å². The zero-order chi connectivity index (χ0) is 12.5. The molecule has 0 saturated heterocycles. The van der Waals surface area contributed by atoms with Crippen molar-refractivity contribution in [2.45, 2.75) is 0 Å². The predicted octanol–water partition coefficient (Wildman–Crippen LogP) is 4.12. The van der Waals surface area contributed by atoms with E-state index in [4.69, 9.17) is 11.6 Å². The van der Waals surface area contributed by atoms with Gasteiger partial charge in [-0.15, -0.1) is 0 Å². The molecule has 1 aromatic carbocycles. The SMILES string of the molecule is O=c1ssc(Nc2cccc3cccnc23)c1Cl. The molecule has 0 spiro atoms. The quantitative estimate of drug-likeness (QED) is 0.723. The summed E-state index contributed by atoms with van der Waals surface area (Å²) >= 11 is 5.94. The summed E-state index contributed by atoms with van der Waals surface area (Å²) in [6.07, 6.45) is 1.74. The first-order valence-corrected chi connectivity index (χ1v) is 7.68. The number of rotatable bonds is 2. The molecule has 0 atom stereocenters.